The molecule has 0 N–H and O–H groups in total. The van der Waals surface area contributed by atoms with Crippen LogP contribution in [0.5, 0.6) is 0 Å². The Hall–Kier alpha value is -1.79. The zero-order valence-corrected chi connectivity index (χ0v) is 9.30. The lowest BCUT2D eigenvalue weighted by Gasteiger charge is -2.13. The molecule has 1 atom stereocenters. The number of benzene rings is 1. The van der Waals surface area contributed by atoms with Crippen LogP contribution < -0.4 is 0 Å². The normalized spacial score (nSPS) is 19.2. The van der Waals surface area contributed by atoms with E-state index in [1.54, 1.807) is 0 Å². The topological polar surface area (TPSA) is 0 Å². The lowest BCUT2D eigenvalue weighted by atomic mass is 9.98. The number of allylic oxidation sites excluding steroid dienone is 3. The highest BCUT2D eigenvalue weighted by atomic mass is 19.2. The Balaban J connectivity index is 2.97. The van der Waals surface area contributed by atoms with Crippen molar-refractivity contribution in [1.29, 1.82) is 0 Å². The van der Waals surface area contributed by atoms with Gasteiger partial charge in [0.25, 0.3) is 0 Å². The zero-order valence-electron chi connectivity index (χ0n) is 9.30. The van der Waals surface area contributed by atoms with Gasteiger partial charge in [0.05, 0.1) is 5.56 Å². The predicted octanol–water partition coefficient (Wildman–Crippen LogP) is 4.90. The van der Waals surface area contributed by atoms with E-state index in [4.69, 9.17) is 0 Å². The Bertz CT molecular complexity index is 628. The van der Waals surface area contributed by atoms with Crippen molar-refractivity contribution in [2.24, 2.45) is 0 Å². The van der Waals surface area contributed by atoms with Crippen LogP contribution in [-0.4, -0.2) is 0 Å². The molecule has 0 saturated carbocycles. The Morgan fingerprint density at radius 1 is 0.842 bits per heavy atom. The minimum absolute atomic E-state index is 0.0549. The number of halogens is 7. The average molecular weight is 282 g/mol. The molecule has 0 saturated heterocycles. The summed E-state index contributed by atoms with van der Waals surface area (Å²) in [5.41, 5.74) is -3.74. The molecule has 0 aromatic heterocycles. The summed E-state index contributed by atoms with van der Waals surface area (Å²) >= 11 is 0. The Labute approximate surface area is 102 Å². The fourth-order valence-corrected chi connectivity index (χ4v) is 1.77. The Morgan fingerprint density at radius 3 is 2.00 bits per heavy atom. The maximum absolute atomic E-state index is 13.7. The minimum atomic E-state index is -2.64. The van der Waals surface area contributed by atoms with E-state index < -0.39 is 57.8 Å². The molecule has 1 unspecified atom stereocenters. The second kappa shape index (κ2) is 4.40. The van der Waals surface area contributed by atoms with Gasteiger partial charge in [-0.2, -0.15) is 0 Å². The Morgan fingerprint density at radius 2 is 1.42 bits per heavy atom. The van der Waals surface area contributed by atoms with Gasteiger partial charge in [-0.25, -0.2) is 30.7 Å². The molecular formula is C12H5F7. The van der Waals surface area contributed by atoms with Crippen LogP contribution >= 0.6 is 0 Å². The van der Waals surface area contributed by atoms with Gasteiger partial charge in [0, 0.05) is 11.1 Å². The van der Waals surface area contributed by atoms with Crippen LogP contribution in [0.3, 0.4) is 0 Å². The number of alkyl halides is 1. The minimum Gasteiger partial charge on any atom is -0.237 e. The molecule has 0 nitrogen and oxygen atoms in total. The molecule has 0 heterocycles. The summed E-state index contributed by atoms with van der Waals surface area (Å²) in [5.74, 6) is -11.7. The number of hydrogen-bond donors (Lipinski definition) is 0. The van der Waals surface area contributed by atoms with E-state index in [2.05, 4.69) is 0 Å². The summed E-state index contributed by atoms with van der Waals surface area (Å²) in [6.45, 7) is 0.795. The molecule has 0 amide bonds. The van der Waals surface area contributed by atoms with Crippen molar-refractivity contribution < 1.29 is 30.7 Å². The van der Waals surface area contributed by atoms with Crippen molar-refractivity contribution in [3.8, 4) is 0 Å². The first-order chi connectivity index (χ1) is 8.77. The third kappa shape index (κ3) is 1.84. The van der Waals surface area contributed by atoms with E-state index in [1.165, 1.54) is 0 Å². The van der Waals surface area contributed by atoms with Gasteiger partial charge in [-0.3, -0.25) is 0 Å². The average Bonchev–Trinajstić information content (AvgIpc) is 2.44. The van der Waals surface area contributed by atoms with Crippen molar-refractivity contribution in [2.75, 3.05) is 0 Å². The van der Waals surface area contributed by atoms with Crippen LogP contribution in [0.2, 0.25) is 0 Å². The maximum Gasteiger partial charge on any atom is 0.194 e. The van der Waals surface area contributed by atoms with Crippen molar-refractivity contribution in [1.82, 2.24) is 0 Å². The molecule has 19 heavy (non-hydrogen) atoms. The summed E-state index contributed by atoms with van der Waals surface area (Å²) in [7, 11) is 0. The third-order valence-electron chi connectivity index (χ3n) is 2.77. The highest BCUT2D eigenvalue weighted by Crippen LogP contribution is 2.42. The summed E-state index contributed by atoms with van der Waals surface area (Å²) in [6, 6.07) is 0. The molecule has 1 aromatic rings. The molecular weight excluding hydrogens is 277 g/mol. The third-order valence-corrected chi connectivity index (χ3v) is 2.77. The van der Waals surface area contributed by atoms with E-state index in [1.807, 2.05) is 0 Å². The number of rotatable bonds is 0. The van der Waals surface area contributed by atoms with Crippen LogP contribution in [-0.2, 0) is 0 Å². The lowest BCUT2D eigenvalue weighted by molar-refractivity contribution is 0.382. The van der Waals surface area contributed by atoms with Gasteiger partial charge in [0.1, 0.15) is 5.82 Å². The fourth-order valence-electron chi connectivity index (χ4n) is 1.77. The molecule has 102 valence electrons. The monoisotopic (exact) mass is 282 g/mol. The summed E-state index contributed by atoms with van der Waals surface area (Å²) < 4.78 is 93.6. The van der Waals surface area contributed by atoms with E-state index in [0.29, 0.717) is 0 Å². The molecule has 0 radical (unpaired) electrons. The van der Waals surface area contributed by atoms with Crippen molar-refractivity contribution in [2.45, 2.75) is 13.1 Å². The van der Waals surface area contributed by atoms with Crippen LogP contribution in [0.25, 0.3) is 5.83 Å². The highest BCUT2D eigenvalue weighted by molar-refractivity contribution is 5.70. The molecule has 0 fully saturated rings. The van der Waals surface area contributed by atoms with Crippen LogP contribution in [0, 0.1) is 24.4 Å². The Kier molecular flexibility index (Phi) is 3.15. The number of hydrogen-bond acceptors (Lipinski definition) is 0. The van der Waals surface area contributed by atoms with Crippen molar-refractivity contribution in [3.05, 3.63) is 51.9 Å². The molecule has 0 aliphatic heterocycles. The van der Waals surface area contributed by atoms with Crippen LogP contribution in [0.15, 0.2) is 17.7 Å². The standard InChI is InChI=1S/C12H5F7/c1-3-8(15)6-4(13)2-5(14)10(17)12(19)7(6)11(18)9(3)16/h2,4H,1H3. The van der Waals surface area contributed by atoms with E-state index in [-0.39, 0.29) is 6.08 Å². The van der Waals surface area contributed by atoms with Gasteiger partial charge in [0.2, 0.25) is 0 Å². The van der Waals surface area contributed by atoms with Gasteiger partial charge >= 0.3 is 0 Å². The lowest BCUT2D eigenvalue weighted by Crippen LogP contribution is -2.07. The highest BCUT2D eigenvalue weighted by Gasteiger charge is 2.34. The first kappa shape index (κ1) is 13.6. The molecule has 2 rings (SSSR count). The van der Waals surface area contributed by atoms with E-state index >= 15 is 0 Å². The first-order valence-corrected chi connectivity index (χ1v) is 5.01. The molecule has 0 bridgehead atoms. The smallest absolute Gasteiger partial charge is 0.194 e. The molecule has 1 aliphatic rings. The van der Waals surface area contributed by atoms with Gasteiger partial charge in [-0.1, -0.05) is 0 Å². The molecule has 7 heteroatoms. The fraction of sp³-hybridized carbons (Fsp3) is 0.167. The molecule has 0 spiro atoms. The van der Waals surface area contributed by atoms with Gasteiger partial charge in [0.15, 0.2) is 35.3 Å². The molecule has 1 aromatic carbocycles. The number of fused-ring (bicyclic) bond motifs is 1. The van der Waals surface area contributed by atoms with Gasteiger partial charge in [-0.15, -0.1) is 0 Å². The van der Waals surface area contributed by atoms with Crippen LogP contribution in [0.1, 0.15) is 22.9 Å². The van der Waals surface area contributed by atoms with Gasteiger partial charge < -0.3 is 0 Å². The predicted molar refractivity (Wildman–Crippen MR) is 53.2 cm³/mol. The molecule has 1 aliphatic carbocycles. The largest absolute Gasteiger partial charge is 0.237 e. The summed E-state index contributed by atoms with van der Waals surface area (Å²) in [4.78, 5) is 0. The first-order valence-electron chi connectivity index (χ1n) is 5.01. The zero-order chi connectivity index (χ0) is 14.5. The van der Waals surface area contributed by atoms with Crippen molar-refractivity contribution in [3.63, 3.8) is 0 Å². The SMILES string of the molecule is Cc1c(F)c(F)c2c(c1F)C(F)C=C(F)C(F)=C2F. The summed E-state index contributed by atoms with van der Waals surface area (Å²) in [5, 5.41) is 0. The van der Waals surface area contributed by atoms with Gasteiger partial charge in [-0.05, 0) is 13.0 Å². The van der Waals surface area contributed by atoms with E-state index in [0.717, 1.165) is 6.92 Å². The van der Waals surface area contributed by atoms with E-state index in [9.17, 15) is 30.7 Å². The van der Waals surface area contributed by atoms with Crippen LogP contribution in [0.4, 0.5) is 30.7 Å². The quantitative estimate of drug-likeness (QED) is 0.469. The second-order valence-corrected chi connectivity index (χ2v) is 3.90. The van der Waals surface area contributed by atoms with Crippen molar-refractivity contribution >= 4 is 5.83 Å². The maximum atomic E-state index is 13.7. The summed E-state index contributed by atoms with van der Waals surface area (Å²) in [6.07, 6.45) is -2.69. The second-order valence-electron chi connectivity index (χ2n) is 3.90.